The summed E-state index contributed by atoms with van der Waals surface area (Å²) < 4.78 is 5.80. The van der Waals surface area contributed by atoms with Crippen molar-refractivity contribution in [3.05, 3.63) is 54.6 Å². The minimum atomic E-state index is -0.226. The average Bonchev–Trinajstić information content (AvgIpc) is 3.11. The normalized spacial score (nSPS) is 20.0. The van der Waals surface area contributed by atoms with Crippen LogP contribution in [-0.4, -0.2) is 36.3 Å². The van der Waals surface area contributed by atoms with E-state index in [9.17, 15) is 9.59 Å². The standard InChI is InChI=1S/C22H24N2O3/c25-21-15-17(22(26)23-13-5-2-6-14-23)16-24(21)18-9-11-20(12-10-18)27-19-7-3-1-4-8-19/h1,3-4,7-12,17H,2,5-6,13-16H2. The molecule has 27 heavy (non-hydrogen) atoms. The number of amides is 2. The van der Waals surface area contributed by atoms with Crippen molar-refractivity contribution < 1.29 is 14.3 Å². The highest BCUT2D eigenvalue weighted by Crippen LogP contribution is 2.29. The van der Waals surface area contributed by atoms with Gasteiger partial charge in [-0.05, 0) is 55.7 Å². The number of carbonyl (C=O) groups is 2. The largest absolute Gasteiger partial charge is 0.457 e. The van der Waals surface area contributed by atoms with Crippen molar-refractivity contribution in [3.63, 3.8) is 0 Å². The minimum absolute atomic E-state index is 0.0158. The summed E-state index contributed by atoms with van der Waals surface area (Å²) in [5.41, 5.74) is 0.814. The fraction of sp³-hybridized carbons (Fsp3) is 0.364. The van der Waals surface area contributed by atoms with Crippen LogP contribution in [-0.2, 0) is 9.59 Å². The molecule has 5 heteroatoms. The molecule has 2 aliphatic rings. The van der Waals surface area contributed by atoms with Crippen LogP contribution in [0.5, 0.6) is 11.5 Å². The Balaban J connectivity index is 1.41. The first-order valence-electron chi connectivity index (χ1n) is 9.63. The Hall–Kier alpha value is -2.82. The van der Waals surface area contributed by atoms with Gasteiger partial charge in [0.25, 0.3) is 0 Å². The van der Waals surface area contributed by atoms with Gasteiger partial charge in [0, 0.05) is 31.7 Å². The quantitative estimate of drug-likeness (QED) is 0.828. The molecule has 1 unspecified atom stereocenters. The first-order chi connectivity index (χ1) is 13.2. The number of carbonyl (C=O) groups excluding carboxylic acids is 2. The fourth-order valence-corrected chi connectivity index (χ4v) is 3.81. The number of para-hydroxylation sites is 1. The van der Waals surface area contributed by atoms with E-state index in [1.54, 1.807) is 4.90 Å². The van der Waals surface area contributed by atoms with Gasteiger partial charge in [-0.1, -0.05) is 18.2 Å². The second kappa shape index (κ2) is 7.82. The molecular formula is C22H24N2O3. The number of hydrogen-bond acceptors (Lipinski definition) is 3. The molecule has 0 bridgehead atoms. The van der Waals surface area contributed by atoms with Gasteiger partial charge in [0.2, 0.25) is 11.8 Å². The summed E-state index contributed by atoms with van der Waals surface area (Å²) in [7, 11) is 0. The van der Waals surface area contributed by atoms with Crippen LogP contribution in [0.25, 0.3) is 0 Å². The summed E-state index contributed by atoms with van der Waals surface area (Å²) in [4.78, 5) is 28.8. The molecule has 2 saturated heterocycles. The van der Waals surface area contributed by atoms with Gasteiger partial charge in [0.15, 0.2) is 0 Å². The monoisotopic (exact) mass is 364 g/mol. The summed E-state index contributed by atoms with van der Waals surface area (Å²) in [5, 5.41) is 0. The molecule has 0 saturated carbocycles. The molecule has 2 amide bonds. The third-order valence-corrected chi connectivity index (χ3v) is 5.27. The van der Waals surface area contributed by atoms with Gasteiger partial charge < -0.3 is 14.5 Å². The highest BCUT2D eigenvalue weighted by atomic mass is 16.5. The molecule has 140 valence electrons. The topological polar surface area (TPSA) is 49.9 Å². The maximum absolute atomic E-state index is 12.7. The Kier molecular flexibility index (Phi) is 5.10. The smallest absolute Gasteiger partial charge is 0.228 e. The number of ether oxygens (including phenoxy) is 1. The predicted molar refractivity (Wildman–Crippen MR) is 104 cm³/mol. The Morgan fingerprint density at radius 1 is 0.889 bits per heavy atom. The van der Waals surface area contributed by atoms with Gasteiger partial charge in [0.1, 0.15) is 11.5 Å². The zero-order chi connectivity index (χ0) is 18.6. The Morgan fingerprint density at radius 3 is 2.26 bits per heavy atom. The maximum Gasteiger partial charge on any atom is 0.228 e. The maximum atomic E-state index is 12.7. The molecule has 2 heterocycles. The van der Waals surface area contributed by atoms with Gasteiger partial charge in [-0.15, -0.1) is 0 Å². The van der Waals surface area contributed by atoms with Crippen molar-refractivity contribution >= 4 is 17.5 Å². The molecule has 0 radical (unpaired) electrons. The lowest BCUT2D eigenvalue weighted by atomic mass is 10.0. The van der Waals surface area contributed by atoms with Crippen molar-refractivity contribution in [2.45, 2.75) is 25.7 Å². The third kappa shape index (κ3) is 3.97. The van der Waals surface area contributed by atoms with E-state index in [1.165, 1.54) is 6.42 Å². The zero-order valence-corrected chi connectivity index (χ0v) is 15.3. The molecule has 1 atom stereocenters. The number of likely N-dealkylation sites (tertiary alicyclic amines) is 1. The van der Waals surface area contributed by atoms with E-state index in [4.69, 9.17) is 4.74 Å². The minimum Gasteiger partial charge on any atom is -0.457 e. The van der Waals surface area contributed by atoms with E-state index in [2.05, 4.69) is 0 Å². The Morgan fingerprint density at radius 2 is 1.56 bits per heavy atom. The molecule has 2 fully saturated rings. The zero-order valence-electron chi connectivity index (χ0n) is 15.3. The SMILES string of the molecule is O=C(C1CC(=O)N(c2ccc(Oc3ccccc3)cc2)C1)N1CCCCC1. The van der Waals surface area contributed by atoms with E-state index in [0.717, 1.165) is 43.1 Å². The van der Waals surface area contributed by atoms with E-state index in [0.29, 0.717) is 13.0 Å². The molecule has 4 rings (SSSR count). The van der Waals surface area contributed by atoms with Crippen LogP contribution in [0.3, 0.4) is 0 Å². The Labute approximate surface area is 159 Å². The average molecular weight is 364 g/mol. The third-order valence-electron chi connectivity index (χ3n) is 5.27. The highest BCUT2D eigenvalue weighted by Gasteiger charge is 2.37. The number of nitrogens with zero attached hydrogens (tertiary/aromatic N) is 2. The van der Waals surface area contributed by atoms with Crippen LogP contribution in [0, 0.1) is 5.92 Å². The van der Waals surface area contributed by atoms with Crippen LogP contribution in [0.4, 0.5) is 5.69 Å². The lowest BCUT2D eigenvalue weighted by Crippen LogP contribution is -2.40. The van der Waals surface area contributed by atoms with Crippen LogP contribution in [0.2, 0.25) is 0 Å². The molecular weight excluding hydrogens is 340 g/mol. The van der Waals surface area contributed by atoms with Crippen molar-refractivity contribution in [2.24, 2.45) is 5.92 Å². The fourth-order valence-electron chi connectivity index (χ4n) is 3.81. The lowest BCUT2D eigenvalue weighted by Gasteiger charge is -2.29. The number of benzene rings is 2. The number of piperidine rings is 1. The van der Waals surface area contributed by atoms with Gasteiger partial charge >= 0.3 is 0 Å². The molecule has 0 N–H and O–H groups in total. The van der Waals surface area contributed by atoms with E-state index in [1.807, 2.05) is 59.5 Å². The van der Waals surface area contributed by atoms with Gasteiger partial charge in [-0.3, -0.25) is 9.59 Å². The van der Waals surface area contributed by atoms with Crippen molar-refractivity contribution in [1.29, 1.82) is 0 Å². The van der Waals surface area contributed by atoms with Crippen LogP contribution in [0.15, 0.2) is 54.6 Å². The predicted octanol–water partition coefficient (Wildman–Crippen LogP) is 3.84. The molecule has 2 aromatic carbocycles. The number of hydrogen-bond donors (Lipinski definition) is 0. The molecule has 5 nitrogen and oxygen atoms in total. The second-order valence-electron chi connectivity index (χ2n) is 7.20. The first-order valence-corrected chi connectivity index (χ1v) is 9.63. The van der Waals surface area contributed by atoms with Crippen molar-refractivity contribution in [1.82, 2.24) is 4.90 Å². The molecule has 0 aromatic heterocycles. The summed E-state index contributed by atoms with van der Waals surface area (Å²) in [5.74, 6) is 1.42. The van der Waals surface area contributed by atoms with Gasteiger partial charge in [-0.25, -0.2) is 0 Å². The van der Waals surface area contributed by atoms with Gasteiger partial charge in [-0.2, -0.15) is 0 Å². The molecule has 0 aliphatic carbocycles. The summed E-state index contributed by atoms with van der Waals surface area (Å²) in [6.07, 6.45) is 3.63. The highest BCUT2D eigenvalue weighted by molar-refractivity contribution is 6.00. The first kappa shape index (κ1) is 17.6. The van der Waals surface area contributed by atoms with E-state index >= 15 is 0 Å². The number of anilines is 1. The Bertz CT molecular complexity index is 798. The van der Waals surface area contributed by atoms with Crippen molar-refractivity contribution in [3.8, 4) is 11.5 Å². The van der Waals surface area contributed by atoms with E-state index in [-0.39, 0.29) is 17.7 Å². The van der Waals surface area contributed by atoms with Crippen LogP contribution in [0.1, 0.15) is 25.7 Å². The number of rotatable bonds is 4. The summed E-state index contributed by atoms with van der Waals surface area (Å²) >= 11 is 0. The second-order valence-corrected chi connectivity index (χ2v) is 7.20. The van der Waals surface area contributed by atoms with Crippen LogP contribution < -0.4 is 9.64 Å². The lowest BCUT2D eigenvalue weighted by molar-refractivity contribution is -0.136. The van der Waals surface area contributed by atoms with Crippen molar-refractivity contribution in [2.75, 3.05) is 24.5 Å². The van der Waals surface area contributed by atoms with Gasteiger partial charge in [0.05, 0.1) is 5.92 Å². The summed E-state index contributed by atoms with van der Waals surface area (Å²) in [6, 6.07) is 17.1. The molecule has 2 aliphatic heterocycles. The molecule has 2 aromatic rings. The summed E-state index contributed by atoms with van der Waals surface area (Å²) in [6.45, 7) is 2.12. The van der Waals surface area contributed by atoms with E-state index < -0.39 is 0 Å². The van der Waals surface area contributed by atoms with Crippen LogP contribution >= 0.6 is 0 Å². The molecule has 0 spiro atoms.